The molecule has 6 heteroatoms. The number of ether oxygens (including phenoxy) is 3. The van der Waals surface area contributed by atoms with E-state index in [4.69, 9.17) is 14.2 Å². The lowest BCUT2D eigenvalue weighted by atomic mass is 10.1. The summed E-state index contributed by atoms with van der Waals surface area (Å²) >= 11 is 0. The minimum absolute atomic E-state index is 0.279. The standard InChI is InChI=1S/C22H21NO5/c1-3-6-15-9-10-20(21(11-15)26-2)27-14-22(25)28-13-19(24)17-12-23-18-8-5-4-7-16(17)18/h3-12,23H,13-14H2,1-2H3. The Morgan fingerprint density at radius 1 is 1.07 bits per heavy atom. The molecule has 0 aliphatic heterocycles. The van der Waals surface area contributed by atoms with Gasteiger partial charge >= 0.3 is 5.97 Å². The Kier molecular flexibility index (Phi) is 6.11. The smallest absolute Gasteiger partial charge is 0.344 e. The normalized spacial score (nSPS) is 10.9. The van der Waals surface area contributed by atoms with E-state index < -0.39 is 5.97 Å². The predicted octanol–water partition coefficient (Wildman–Crippen LogP) is 4.01. The van der Waals surface area contributed by atoms with Crippen molar-refractivity contribution in [2.24, 2.45) is 0 Å². The minimum atomic E-state index is -0.632. The molecule has 0 saturated carbocycles. The maximum Gasteiger partial charge on any atom is 0.344 e. The van der Waals surface area contributed by atoms with E-state index in [2.05, 4.69) is 4.98 Å². The SMILES string of the molecule is CC=Cc1ccc(OCC(=O)OCC(=O)c2c[nH]c3ccccc23)c(OC)c1. The lowest BCUT2D eigenvalue weighted by Crippen LogP contribution is -2.19. The number of Topliss-reactive ketones (excluding diaryl/α,β-unsaturated/α-hetero) is 1. The summed E-state index contributed by atoms with van der Waals surface area (Å²) in [6.45, 7) is 1.26. The quantitative estimate of drug-likeness (QED) is 0.473. The molecule has 1 heterocycles. The molecule has 0 amide bonds. The summed E-state index contributed by atoms with van der Waals surface area (Å²) in [5, 5.41) is 0.797. The van der Waals surface area contributed by atoms with Crippen molar-refractivity contribution in [3.63, 3.8) is 0 Å². The third-order valence-electron chi connectivity index (χ3n) is 4.15. The number of hydrogen-bond acceptors (Lipinski definition) is 5. The third-order valence-corrected chi connectivity index (χ3v) is 4.15. The summed E-state index contributed by atoms with van der Waals surface area (Å²) in [7, 11) is 1.53. The second-order valence-corrected chi connectivity index (χ2v) is 6.03. The van der Waals surface area contributed by atoms with E-state index in [-0.39, 0.29) is 19.0 Å². The number of methoxy groups -OCH3 is 1. The fraction of sp³-hybridized carbons (Fsp3) is 0.182. The number of nitrogens with one attached hydrogen (secondary N) is 1. The van der Waals surface area contributed by atoms with Gasteiger partial charge in [-0.2, -0.15) is 0 Å². The number of ketones is 1. The van der Waals surface area contributed by atoms with Crippen molar-refractivity contribution < 1.29 is 23.8 Å². The lowest BCUT2D eigenvalue weighted by Gasteiger charge is -2.11. The van der Waals surface area contributed by atoms with Crippen LogP contribution in [-0.2, 0) is 9.53 Å². The molecule has 0 bridgehead atoms. The largest absolute Gasteiger partial charge is 0.493 e. The highest BCUT2D eigenvalue weighted by Gasteiger charge is 2.15. The van der Waals surface area contributed by atoms with E-state index >= 15 is 0 Å². The van der Waals surface area contributed by atoms with Gasteiger partial charge in [0.2, 0.25) is 5.78 Å². The fourth-order valence-electron chi connectivity index (χ4n) is 2.80. The van der Waals surface area contributed by atoms with E-state index in [0.717, 1.165) is 16.5 Å². The van der Waals surface area contributed by atoms with Gasteiger partial charge < -0.3 is 19.2 Å². The summed E-state index contributed by atoms with van der Waals surface area (Å²) < 4.78 is 15.8. The molecule has 0 saturated heterocycles. The Balaban J connectivity index is 1.55. The number of H-pyrrole nitrogens is 1. The highest BCUT2D eigenvalue weighted by molar-refractivity contribution is 6.08. The van der Waals surface area contributed by atoms with E-state index in [1.54, 1.807) is 18.3 Å². The molecule has 6 nitrogen and oxygen atoms in total. The first-order valence-corrected chi connectivity index (χ1v) is 8.81. The number of fused-ring (bicyclic) bond motifs is 1. The highest BCUT2D eigenvalue weighted by atomic mass is 16.6. The average Bonchev–Trinajstić information content (AvgIpc) is 3.15. The monoisotopic (exact) mass is 379 g/mol. The van der Waals surface area contributed by atoms with Crippen LogP contribution in [0.15, 0.2) is 54.7 Å². The molecule has 144 valence electrons. The van der Waals surface area contributed by atoms with Crippen LogP contribution in [0.3, 0.4) is 0 Å². The van der Waals surface area contributed by atoms with Gasteiger partial charge in [-0.1, -0.05) is 36.4 Å². The maximum atomic E-state index is 12.3. The molecular weight excluding hydrogens is 358 g/mol. The number of benzene rings is 2. The second-order valence-electron chi connectivity index (χ2n) is 6.03. The van der Waals surface area contributed by atoms with Crippen LogP contribution in [0.4, 0.5) is 0 Å². The van der Waals surface area contributed by atoms with Gasteiger partial charge in [0.1, 0.15) is 0 Å². The number of carbonyl (C=O) groups is 2. The number of hydrogen-bond donors (Lipinski definition) is 1. The Morgan fingerprint density at radius 2 is 1.89 bits per heavy atom. The molecule has 2 aromatic carbocycles. The maximum absolute atomic E-state index is 12.3. The Labute approximate surface area is 162 Å². The molecule has 0 fully saturated rings. The molecule has 1 aromatic heterocycles. The van der Waals surface area contributed by atoms with Gasteiger partial charge in [-0.25, -0.2) is 4.79 Å². The van der Waals surface area contributed by atoms with Crippen molar-refractivity contribution in [1.29, 1.82) is 0 Å². The predicted molar refractivity (Wildman–Crippen MR) is 107 cm³/mol. The van der Waals surface area contributed by atoms with Crippen LogP contribution >= 0.6 is 0 Å². The Morgan fingerprint density at radius 3 is 2.68 bits per heavy atom. The number of aromatic nitrogens is 1. The number of carbonyl (C=O) groups excluding carboxylic acids is 2. The van der Waals surface area contributed by atoms with Gasteiger partial charge in [0.25, 0.3) is 0 Å². The van der Waals surface area contributed by atoms with Crippen molar-refractivity contribution in [2.45, 2.75) is 6.92 Å². The van der Waals surface area contributed by atoms with Gasteiger partial charge in [0, 0.05) is 22.7 Å². The molecule has 28 heavy (non-hydrogen) atoms. The molecule has 0 spiro atoms. The zero-order chi connectivity index (χ0) is 19.9. The molecule has 0 aliphatic carbocycles. The average molecular weight is 379 g/mol. The number of aromatic amines is 1. The van der Waals surface area contributed by atoms with Gasteiger partial charge in [-0.05, 0) is 30.7 Å². The highest BCUT2D eigenvalue weighted by Crippen LogP contribution is 2.28. The molecule has 1 N–H and O–H groups in total. The summed E-state index contributed by atoms with van der Waals surface area (Å²) in [5.41, 5.74) is 2.30. The molecule has 3 rings (SSSR count). The number of esters is 1. The molecule has 0 aliphatic rings. The molecule has 0 atom stereocenters. The van der Waals surface area contributed by atoms with Crippen LogP contribution in [0.1, 0.15) is 22.8 Å². The first-order chi connectivity index (χ1) is 13.6. The molecule has 3 aromatic rings. The lowest BCUT2D eigenvalue weighted by molar-refractivity contribution is -0.144. The number of para-hydroxylation sites is 1. The van der Waals surface area contributed by atoms with Gasteiger partial charge in [-0.15, -0.1) is 0 Å². The number of rotatable bonds is 8. The summed E-state index contributed by atoms with van der Waals surface area (Å²) in [4.78, 5) is 27.3. The van der Waals surface area contributed by atoms with Crippen LogP contribution in [0.5, 0.6) is 11.5 Å². The summed E-state index contributed by atoms with van der Waals surface area (Å²) in [5.74, 6) is 0.0285. The van der Waals surface area contributed by atoms with Gasteiger partial charge in [0.05, 0.1) is 7.11 Å². The summed E-state index contributed by atoms with van der Waals surface area (Å²) in [6.07, 6.45) is 5.46. The Hall–Kier alpha value is -3.54. The van der Waals surface area contributed by atoms with E-state index in [1.165, 1.54) is 7.11 Å². The second kappa shape index (κ2) is 8.90. The van der Waals surface area contributed by atoms with Crippen molar-refractivity contribution in [2.75, 3.05) is 20.3 Å². The molecule has 0 unspecified atom stereocenters. The van der Waals surface area contributed by atoms with Crippen LogP contribution in [0.25, 0.3) is 17.0 Å². The first-order valence-electron chi connectivity index (χ1n) is 8.81. The topological polar surface area (TPSA) is 77.6 Å². The van der Waals surface area contributed by atoms with Gasteiger partial charge in [0.15, 0.2) is 24.7 Å². The Bertz CT molecular complexity index is 1020. The molecule has 0 radical (unpaired) electrons. The van der Waals surface area contributed by atoms with Crippen molar-refractivity contribution in [3.8, 4) is 11.5 Å². The van der Waals surface area contributed by atoms with Crippen LogP contribution in [0, 0.1) is 0 Å². The molecular formula is C22H21NO5. The van der Waals surface area contributed by atoms with Crippen molar-refractivity contribution >= 4 is 28.7 Å². The third kappa shape index (κ3) is 4.40. The number of allylic oxidation sites excluding steroid dienone is 1. The minimum Gasteiger partial charge on any atom is -0.493 e. The fourth-order valence-corrected chi connectivity index (χ4v) is 2.80. The van der Waals surface area contributed by atoms with Crippen LogP contribution < -0.4 is 9.47 Å². The van der Waals surface area contributed by atoms with E-state index in [1.807, 2.05) is 49.4 Å². The zero-order valence-electron chi connectivity index (χ0n) is 15.7. The van der Waals surface area contributed by atoms with E-state index in [9.17, 15) is 9.59 Å². The van der Waals surface area contributed by atoms with Crippen LogP contribution in [0.2, 0.25) is 0 Å². The first kappa shape index (κ1) is 19.2. The zero-order valence-corrected chi connectivity index (χ0v) is 15.7. The van der Waals surface area contributed by atoms with Crippen LogP contribution in [-0.4, -0.2) is 37.1 Å². The summed E-state index contributed by atoms with van der Waals surface area (Å²) in [6, 6.07) is 12.8. The van der Waals surface area contributed by atoms with Gasteiger partial charge in [-0.3, -0.25) is 4.79 Å². The van der Waals surface area contributed by atoms with Crippen molar-refractivity contribution in [3.05, 3.63) is 65.9 Å². The van der Waals surface area contributed by atoms with Crippen molar-refractivity contribution in [1.82, 2.24) is 4.98 Å². The van der Waals surface area contributed by atoms with E-state index in [0.29, 0.717) is 17.1 Å².